The van der Waals surface area contributed by atoms with Gasteiger partial charge in [-0.05, 0) is 36.1 Å². The average Bonchev–Trinajstić information content (AvgIpc) is 3.17. The number of hydrogen-bond acceptors (Lipinski definition) is 5. The molecule has 2 aromatic carbocycles. The van der Waals surface area contributed by atoms with Crippen LogP contribution in [0.2, 0.25) is 0 Å². The first-order valence-electron chi connectivity index (χ1n) is 8.34. The van der Waals surface area contributed by atoms with E-state index in [-0.39, 0.29) is 10.0 Å². The Morgan fingerprint density at radius 2 is 1.85 bits per heavy atom. The Morgan fingerprint density at radius 1 is 1.19 bits per heavy atom. The topological polar surface area (TPSA) is 70.5 Å². The van der Waals surface area contributed by atoms with Crippen LogP contribution in [0.25, 0.3) is 0 Å². The van der Waals surface area contributed by atoms with E-state index in [4.69, 9.17) is 11.8 Å². The smallest absolute Gasteiger partial charge is 0.280 e. The third-order valence-electron chi connectivity index (χ3n) is 4.25. The minimum atomic E-state index is -3.95. The van der Waals surface area contributed by atoms with E-state index in [1.165, 1.54) is 6.07 Å². The van der Waals surface area contributed by atoms with E-state index in [0.717, 1.165) is 28.9 Å². The van der Waals surface area contributed by atoms with Crippen molar-refractivity contribution < 1.29 is 13.5 Å². The molecule has 0 aliphatic heterocycles. The third kappa shape index (κ3) is 3.87. The van der Waals surface area contributed by atoms with Crippen LogP contribution in [0.15, 0.2) is 58.8 Å². The summed E-state index contributed by atoms with van der Waals surface area (Å²) >= 11 is 7.20. The van der Waals surface area contributed by atoms with Gasteiger partial charge < -0.3 is 5.11 Å². The fraction of sp³-hybridized carbons (Fsp3) is 0.211. The summed E-state index contributed by atoms with van der Waals surface area (Å²) in [4.78, 5) is 4.39. The SMILES string of the molecule is CCc1ccccc1C(O)c1csc(N(Cl)S(=O)(=O)c2ccccc2C)n1. The zero-order valence-electron chi connectivity index (χ0n) is 14.8. The number of nitrogens with zero attached hydrogens (tertiary/aromatic N) is 2. The van der Waals surface area contributed by atoms with Crippen molar-refractivity contribution in [2.45, 2.75) is 31.3 Å². The minimum absolute atomic E-state index is 0.0861. The van der Waals surface area contributed by atoms with Crippen molar-refractivity contribution in [1.29, 1.82) is 0 Å². The number of sulfonamides is 1. The van der Waals surface area contributed by atoms with Gasteiger partial charge >= 0.3 is 0 Å². The number of halogens is 1. The van der Waals surface area contributed by atoms with Crippen LogP contribution in [0.4, 0.5) is 5.13 Å². The fourth-order valence-corrected chi connectivity index (χ4v) is 5.40. The van der Waals surface area contributed by atoms with E-state index in [9.17, 15) is 13.5 Å². The van der Waals surface area contributed by atoms with Gasteiger partial charge in [0.2, 0.25) is 5.13 Å². The zero-order chi connectivity index (χ0) is 19.6. The van der Waals surface area contributed by atoms with Crippen LogP contribution in [0, 0.1) is 6.92 Å². The second kappa shape index (κ2) is 7.98. The summed E-state index contributed by atoms with van der Waals surface area (Å²) in [6, 6.07) is 14.2. The predicted octanol–water partition coefficient (Wildman–Crippen LogP) is 4.44. The highest BCUT2D eigenvalue weighted by molar-refractivity contribution is 7.94. The van der Waals surface area contributed by atoms with Gasteiger partial charge in [0, 0.05) is 17.2 Å². The summed E-state index contributed by atoms with van der Waals surface area (Å²) in [5.41, 5.74) is 2.72. The van der Waals surface area contributed by atoms with Crippen molar-refractivity contribution in [3.63, 3.8) is 0 Å². The number of benzene rings is 2. The maximum atomic E-state index is 12.8. The molecule has 1 N–H and O–H groups in total. The molecule has 0 bridgehead atoms. The molecule has 0 amide bonds. The highest BCUT2D eigenvalue weighted by Crippen LogP contribution is 2.33. The second-order valence-electron chi connectivity index (χ2n) is 6.00. The second-order valence-corrected chi connectivity index (χ2v) is 9.13. The average molecular weight is 423 g/mol. The van der Waals surface area contributed by atoms with Gasteiger partial charge in [0.05, 0.1) is 10.6 Å². The van der Waals surface area contributed by atoms with Gasteiger partial charge in [-0.3, -0.25) is 0 Å². The van der Waals surface area contributed by atoms with E-state index in [2.05, 4.69) is 4.98 Å². The summed E-state index contributed by atoms with van der Waals surface area (Å²) in [5.74, 6) is 0. The molecule has 0 aliphatic carbocycles. The van der Waals surface area contributed by atoms with E-state index >= 15 is 0 Å². The Bertz CT molecular complexity index is 1050. The van der Waals surface area contributed by atoms with E-state index in [1.807, 2.05) is 31.2 Å². The van der Waals surface area contributed by atoms with Crippen molar-refractivity contribution in [2.75, 3.05) is 3.82 Å². The molecule has 1 unspecified atom stereocenters. The number of aliphatic hydroxyl groups is 1. The van der Waals surface area contributed by atoms with E-state index in [0.29, 0.717) is 15.1 Å². The van der Waals surface area contributed by atoms with Gasteiger partial charge in [0.25, 0.3) is 10.0 Å². The number of thiazole rings is 1. The normalized spacial score (nSPS) is 12.7. The lowest BCUT2D eigenvalue weighted by Crippen LogP contribution is -2.22. The Kier molecular flexibility index (Phi) is 5.86. The lowest BCUT2D eigenvalue weighted by atomic mass is 9.99. The number of aryl methyl sites for hydroxylation is 2. The maximum Gasteiger partial charge on any atom is 0.280 e. The van der Waals surface area contributed by atoms with Crippen LogP contribution in [-0.2, 0) is 16.4 Å². The van der Waals surface area contributed by atoms with Gasteiger partial charge in [-0.1, -0.05) is 49.4 Å². The quantitative estimate of drug-likeness (QED) is 0.596. The third-order valence-corrected chi connectivity index (χ3v) is 7.63. The lowest BCUT2D eigenvalue weighted by molar-refractivity contribution is 0.215. The van der Waals surface area contributed by atoms with Crippen molar-refractivity contribution in [3.05, 3.63) is 76.3 Å². The standard InChI is InChI=1S/C19H19ClN2O3S2/c1-3-14-9-5-6-10-15(14)18(23)16-12-26-19(21-16)22(20)27(24,25)17-11-7-4-8-13(17)2/h4-12,18,23H,3H2,1-2H3. The number of anilines is 1. The van der Waals surface area contributed by atoms with Gasteiger partial charge in [-0.2, -0.15) is 8.42 Å². The minimum Gasteiger partial charge on any atom is -0.382 e. The summed E-state index contributed by atoms with van der Waals surface area (Å²) in [6.07, 6.45) is -0.176. The Labute approximate surface area is 168 Å². The van der Waals surface area contributed by atoms with Crippen LogP contribution < -0.4 is 3.82 Å². The van der Waals surface area contributed by atoms with Gasteiger partial charge in [-0.25, -0.2) is 4.98 Å². The van der Waals surface area contributed by atoms with E-state index < -0.39 is 16.1 Å². The number of aliphatic hydroxyl groups excluding tert-OH is 1. The number of aromatic nitrogens is 1. The number of hydrogen-bond donors (Lipinski definition) is 1. The summed E-state index contributed by atoms with van der Waals surface area (Å²) in [6.45, 7) is 3.71. The molecule has 0 radical (unpaired) electrons. The molecule has 3 rings (SSSR count). The maximum absolute atomic E-state index is 12.8. The van der Waals surface area contributed by atoms with Crippen molar-refractivity contribution in [1.82, 2.24) is 4.98 Å². The molecule has 1 atom stereocenters. The van der Waals surface area contributed by atoms with Crippen molar-refractivity contribution in [2.24, 2.45) is 0 Å². The molecule has 8 heteroatoms. The van der Waals surface area contributed by atoms with Crippen molar-refractivity contribution >= 4 is 38.3 Å². The molecule has 142 valence electrons. The fourth-order valence-electron chi connectivity index (χ4n) is 2.80. The van der Waals surface area contributed by atoms with Crippen LogP contribution >= 0.6 is 23.1 Å². The highest BCUT2D eigenvalue weighted by atomic mass is 35.5. The van der Waals surface area contributed by atoms with Gasteiger partial charge in [0.15, 0.2) is 0 Å². The largest absolute Gasteiger partial charge is 0.382 e. The molecule has 1 heterocycles. The van der Waals surface area contributed by atoms with Crippen LogP contribution in [-0.4, -0.2) is 18.5 Å². The molecule has 0 saturated carbocycles. The molecular weight excluding hydrogens is 404 g/mol. The van der Waals surface area contributed by atoms with E-state index in [1.54, 1.807) is 30.5 Å². The molecule has 0 saturated heterocycles. The van der Waals surface area contributed by atoms with Gasteiger partial charge in [-0.15, -0.1) is 15.2 Å². The summed E-state index contributed by atoms with van der Waals surface area (Å²) in [5, 5.41) is 12.4. The molecule has 0 aliphatic rings. The Hall–Kier alpha value is -1.93. The molecule has 27 heavy (non-hydrogen) atoms. The first-order valence-corrected chi connectivity index (χ1v) is 11.0. The van der Waals surface area contributed by atoms with Crippen LogP contribution in [0.5, 0.6) is 0 Å². The Morgan fingerprint density at radius 3 is 2.56 bits per heavy atom. The van der Waals surface area contributed by atoms with Crippen LogP contribution in [0.1, 0.15) is 35.4 Å². The first-order chi connectivity index (χ1) is 12.9. The molecular formula is C19H19ClN2O3S2. The monoisotopic (exact) mass is 422 g/mol. The summed E-state index contributed by atoms with van der Waals surface area (Å²) < 4.78 is 26.2. The first kappa shape index (κ1) is 19.8. The highest BCUT2D eigenvalue weighted by Gasteiger charge is 2.28. The Balaban J connectivity index is 1.92. The lowest BCUT2D eigenvalue weighted by Gasteiger charge is -2.15. The predicted molar refractivity (Wildman–Crippen MR) is 109 cm³/mol. The molecule has 0 spiro atoms. The molecule has 5 nitrogen and oxygen atoms in total. The van der Waals surface area contributed by atoms with Gasteiger partial charge in [0.1, 0.15) is 6.10 Å². The number of rotatable bonds is 6. The molecule has 3 aromatic rings. The molecule has 0 fully saturated rings. The van der Waals surface area contributed by atoms with Crippen LogP contribution in [0.3, 0.4) is 0 Å². The zero-order valence-corrected chi connectivity index (χ0v) is 17.2. The van der Waals surface area contributed by atoms with Crippen molar-refractivity contribution in [3.8, 4) is 0 Å². The molecule has 1 aromatic heterocycles. The summed E-state index contributed by atoms with van der Waals surface area (Å²) in [7, 11) is -3.95.